The molecule has 0 radical (unpaired) electrons. The first-order valence-electron chi connectivity index (χ1n) is 6.18. The van der Waals surface area contributed by atoms with Gasteiger partial charge in [0, 0.05) is 18.6 Å². The molecule has 1 amide bonds. The van der Waals surface area contributed by atoms with Gasteiger partial charge in [-0.2, -0.15) is 0 Å². The van der Waals surface area contributed by atoms with Crippen LogP contribution in [0, 0.1) is 0 Å². The van der Waals surface area contributed by atoms with Crippen LogP contribution < -0.4 is 5.32 Å². The predicted octanol–water partition coefficient (Wildman–Crippen LogP) is 1.01. The molecule has 1 aliphatic rings. The number of nitrogens with one attached hydrogen (secondary N) is 1. The Labute approximate surface area is 98.3 Å². The molecule has 16 heavy (non-hydrogen) atoms. The lowest BCUT2D eigenvalue weighted by molar-refractivity contribution is -0.126. The molecule has 1 aliphatic heterocycles. The van der Waals surface area contributed by atoms with Crippen molar-refractivity contribution in [3.05, 3.63) is 0 Å². The van der Waals surface area contributed by atoms with Gasteiger partial charge in [0.2, 0.25) is 5.91 Å². The molecule has 0 aromatic heterocycles. The van der Waals surface area contributed by atoms with E-state index in [1.807, 2.05) is 13.8 Å². The molecule has 94 valence electrons. The van der Waals surface area contributed by atoms with Gasteiger partial charge in [0.15, 0.2) is 0 Å². The number of hydrogen-bond donors (Lipinski definition) is 1. The minimum Gasteiger partial charge on any atom is -0.376 e. The Bertz CT molecular complexity index is 233. The van der Waals surface area contributed by atoms with E-state index in [9.17, 15) is 4.79 Å². The van der Waals surface area contributed by atoms with Crippen molar-refractivity contribution in [3.63, 3.8) is 0 Å². The van der Waals surface area contributed by atoms with Crippen LogP contribution >= 0.6 is 0 Å². The summed E-state index contributed by atoms with van der Waals surface area (Å²) in [6.07, 6.45) is 1.20. The second kappa shape index (κ2) is 6.21. The number of nitrogens with zero attached hydrogens (tertiary/aromatic N) is 1. The molecule has 1 saturated heterocycles. The zero-order valence-corrected chi connectivity index (χ0v) is 10.8. The molecule has 0 spiro atoms. The quantitative estimate of drug-likeness (QED) is 0.781. The largest absolute Gasteiger partial charge is 0.376 e. The molecule has 0 bridgehead atoms. The van der Waals surface area contributed by atoms with Crippen molar-refractivity contribution in [1.82, 2.24) is 10.2 Å². The minimum atomic E-state index is 0.121. The van der Waals surface area contributed by atoms with Crippen molar-refractivity contribution in [2.24, 2.45) is 0 Å². The van der Waals surface area contributed by atoms with Crippen LogP contribution in [0.3, 0.4) is 0 Å². The van der Waals surface area contributed by atoms with Crippen molar-refractivity contribution in [1.29, 1.82) is 0 Å². The van der Waals surface area contributed by atoms with E-state index in [1.165, 1.54) is 0 Å². The van der Waals surface area contributed by atoms with Gasteiger partial charge in [-0.05, 0) is 27.2 Å². The fourth-order valence-electron chi connectivity index (χ4n) is 1.80. The number of amides is 1. The van der Waals surface area contributed by atoms with Crippen LogP contribution in [-0.2, 0) is 9.53 Å². The Morgan fingerprint density at radius 2 is 2.25 bits per heavy atom. The van der Waals surface area contributed by atoms with Gasteiger partial charge in [-0.15, -0.1) is 0 Å². The zero-order valence-electron chi connectivity index (χ0n) is 10.8. The highest BCUT2D eigenvalue weighted by Gasteiger charge is 2.25. The molecular formula is C12H24N2O2. The molecule has 4 nitrogen and oxygen atoms in total. The zero-order chi connectivity index (χ0) is 12.1. The van der Waals surface area contributed by atoms with Crippen molar-refractivity contribution >= 4 is 5.91 Å². The molecule has 4 heteroatoms. The molecule has 0 unspecified atom stereocenters. The van der Waals surface area contributed by atoms with Gasteiger partial charge in [-0.3, -0.25) is 9.69 Å². The van der Waals surface area contributed by atoms with E-state index >= 15 is 0 Å². The van der Waals surface area contributed by atoms with E-state index in [-0.39, 0.29) is 18.1 Å². The Morgan fingerprint density at radius 1 is 1.56 bits per heavy atom. The molecule has 1 rings (SSSR count). The lowest BCUT2D eigenvalue weighted by atomic mass is 10.2. The fraction of sp³-hybridized carbons (Fsp3) is 0.917. The molecule has 0 aromatic carbocycles. The molecule has 3 atom stereocenters. The lowest BCUT2D eigenvalue weighted by Crippen LogP contribution is -2.51. The smallest absolute Gasteiger partial charge is 0.234 e. The van der Waals surface area contributed by atoms with E-state index in [1.54, 1.807) is 0 Å². The molecule has 1 fully saturated rings. The average Bonchev–Trinajstić information content (AvgIpc) is 2.23. The SMILES string of the molecule is CC[C@H](C)NC(=O)CN1C[C@H](C)OC[C@@H]1C. The van der Waals surface area contributed by atoms with Crippen LogP contribution in [0.2, 0.25) is 0 Å². The molecule has 1 N–H and O–H groups in total. The maximum atomic E-state index is 11.7. The summed E-state index contributed by atoms with van der Waals surface area (Å²) < 4.78 is 5.53. The van der Waals surface area contributed by atoms with Gasteiger partial charge in [-0.1, -0.05) is 6.92 Å². The third kappa shape index (κ3) is 4.10. The van der Waals surface area contributed by atoms with E-state index in [0.717, 1.165) is 19.6 Å². The molecule has 0 saturated carbocycles. The van der Waals surface area contributed by atoms with Gasteiger partial charge < -0.3 is 10.1 Å². The highest BCUT2D eigenvalue weighted by atomic mass is 16.5. The Balaban J connectivity index is 2.37. The first-order valence-corrected chi connectivity index (χ1v) is 6.18. The van der Waals surface area contributed by atoms with E-state index in [0.29, 0.717) is 12.6 Å². The second-order valence-corrected chi connectivity index (χ2v) is 4.80. The van der Waals surface area contributed by atoms with Crippen molar-refractivity contribution in [2.45, 2.75) is 52.3 Å². The summed E-state index contributed by atoms with van der Waals surface area (Å²) >= 11 is 0. The van der Waals surface area contributed by atoms with Crippen LogP contribution in [0.25, 0.3) is 0 Å². The number of carbonyl (C=O) groups excluding carboxylic acids is 1. The predicted molar refractivity (Wildman–Crippen MR) is 64.3 cm³/mol. The third-order valence-corrected chi connectivity index (χ3v) is 3.10. The standard InChI is InChI=1S/C12H24N2O2/c1-5-9(2)13-12(15)7-14-6-11(4)16-8-10(14)3/h9-11H,5-8H2,1-4H3,(H,13,15)/t9-,10-,11-/m0/s1. The minimum absolute atomic E-state index is 0.121. The molecule has 1 heterocycles. The summed E-state index contributed by atoms with van der Waals surface area (Å²) in [5.41, 5.74) is 0. The normalized spacial score (nSPS) is 28.8. The second-order valence-electron chi connectivity index (χ2n) is 4.80. The highest BCUT2D eigenvalue weighted by molar-refractivity contribution is 5.78. The lowest BCUT2D eigenvalue weighted by Gasteiger charge is -2.36. The summed E-state index contributed by atoms with van der Waals surface area (Å²) in [4.78, 5) is 13.9. The van der Waals surface area contributed by atoms with Gasteiger partial charge >= 0.3 is 0 Å². The first-order chi connectivity index (χ1) is 7.52. The van der Waals surface area contributed by atoms with Crippen molar-refractivity contribution in [3.8, 4) is 0 Å². The summed E-state index contributed by atoms with van der Waals surface area (Å²) in [6.45, 7) is 10.3. The number of rotatable bonds is 4. The van der Waals surface area contributed by atoms with Crippen LogP contribution in [0.15, 0.2) is 0 Å². The number of hydrogen-bond acceptors (Lipinski definition) is 3. The molecular weight excluding hydrogens is 204 g/mol. The summed E-state index contributed by atoms with van der Waals surface area (Å²) in [6, 6.07) is 0.597. The summed E-state index contributed by atoms with van der Waals surface area (Å²) in [5.74, 6) is 0.121. The van der Waals surface area contributed by atoms with E-state index < -0.39 is 0 Å². The van der Waals surface area contributed by atoms with Crippen LogP contribution in [0.1, 0.15) is 34.1 Å². The van der Waals surface area contributed by atoms with Crippen molar-refractivity contribution in [2.75, 3.05) is 19.7 Å². The summed E-state index contributed by atoms with van der Waals surface area (Å²) in [7, 11) is 0. The Kier molecular flexibility index (Phi) is 5.22. The van der Waals surface area contributed by atoms with Crippen LogP contribution in [0.4, 0.5) is 0 Å². The number of carbonyl (C=O) groups is 1. The Hall–Kier alpha value is -0.610. The number of ether oxygens (including phenoxy) is 1. The van der Waals surface area contributed by atoms with Gasteiger partial charge in [0.05, 0.1) is 19.3 Å². The summed E-state index contributed by atoms with van der Waals surface area (Å²) in [5, 5.41) is 2.99. The maximum Gasteiger partial charge on any atom is 0.234 e. The first kappa shape index (κ1) is 13.5. The maximum absolute atomic E-state index is 11.7. The van der Waals surface area contributed by atoms with Gasteiger partial charge in [0.1, 0.15) is 0 Å². The van der Waals surface area contributed by atoms with Crippen molar-refractivity contribution < 1.29 is 9.53 Å². The van der Waals surface area contributed by atoms with E-state index in [4.69, 9.17) is 4.74 Å². The van der Waals surface area contributed by atoms with Gasteiger partial charge in [0.25, 0.3) is 0 Å². The molecule has 0 aliphatic carbocycles. The van der Waals surface area contributed by atoms with Crippen LogP contribution in [-0.4, -0.2) is 48.7 Å². The number of morpholine rings is 1. The molecule has 0 aromatic rings. The topological polar surface area (TPSA) is 41.6 Å². The average molecular weight is 228 g/mol. The fourth-order valence-corrected chi connectivity index (χ4v) is 1.80. The monoisotopic (exact) mass is 228 g/mol. The highest BCUT2D eigenvalue weighted by Crippen LogP contribution is 2.10. The third-order valence-electron chi connectivity index (χ3n) is 3.10. The van der Waals surface area contributed by atoms with E-state index in [2.05, 4.69) is 24.1 Å². The van der Waals surface area contributed by atoms with Gasteiger partial charge in [-0.25, -0.2) is 0 Å². The van der Waals surface area contributed by atoms with Crippen LogP contribution in [0.5, 0.6) is 0 Å². The Morgan fingerprint density at radius 3 is 2.88 bits per heavy atom.